The zero-order valence-corrected chi connectivity index (χ0v) is 33.0. The standard InChI is InChI=1S/C42H78N4O2/c1-30(2)13-12-14-31(3)35-17-18-36-34-16-15-32-29-33(19-21-41(32,8)37(34)20-22-42(35,36)9)48-38(47)46(28-24-40(6,7)44)27-11-10-25-45-26-23-39(4,5)43/h15,30-31,33-37,45H,10-14,16-29,43-44H2,1-9H3/t31-,33+,34+,35-,36+,37?,41+,42-/m1/s1. The van der Waals surface area contributed by atoms with Crippen molar-refractivity contribution in [1.29, 1.82) is 0 Å². The maximum Gasteiger partial charge on any atom is 0.410 e. The summed E-state index contributed by atoms with van der Waals surface area (Å²) in [5, 5.41) is 3.51. The van der Waals surface area contributed by atoms with E-state index in [1.54, 1.807) is 5.57 Å². The molecule has 0 aromatic heterocycles. The third kappa shape index (κ3) is 10.2. The first kappa shape index (κ1) is 39.7. The number of nitrogens with two attached hydrogens (primary N) is 2. The Morgan fingerprint density at radius 3 is 2.33 bits per heavy atom. The van der Waals surface area contributed by atoms with Gasteiger partial charge in [0.25, 0.3) is 0 Å². The van der Waals surface area contributed by atoms with E-state index in [0.717, 1.165) is 93.5 Å². The van der Waals surface area contributed by atoms with Crippen LogP contribution in [0.3, 0.4) is 0 Å². The minimum atomic E-state index is -0.313. The molecule has 6 nitrogen and oxygen atoms in total. The summed E-state index contributed by atoms with van der Waals surface area (Å²) in [6.45, 7) is 24.0. The quantitative estimate of drug-likeness (QED) is 0.106. The highest BCUT2D eigenvalue weighted by atomic mass is 16.6. The summed E-state index contributed by atoms with van der Waals surface area (Å²) in [5.74, 6) is 5.07. The van der Waals surface area contributed by atoms with E-state index in [0.29, 0.717) is 18.5 Å². The number of allylic oxidation sites excluding steroid dienone is 1. The van der Waals surface area contributed by atoms with Crippen LogP contribution in [0.1, 0.15) is 159 Å². The van der Waals surface area contributed by atoms with Crippen molar-refractivity contribution in [1.82, 2.24) is 10.2 Å². The monoisotopic (exact) mass is 671 g/mol. The van der Waals surface area contributed by atoms with Crippen LogP contribution in [0.5, 0.6) is 0 Å². The van der Waals surface area contributed by atoms with Crippen LogP contribution < -0.4 is 16.8 Å². The van der Waals surface area contributed by atoms with Gasteiger partial charge in [0.2, 0.25) is 0 Å². The SMILES string of the molecule is CC(C)CCC[C@@H](C)[C@H]1CC[C@H]2[C@@H]3CC=C4C[C@@H](OC(=O)N(CCCCNCCC(C)(C)N)CCC(C)(C)N)CC[C@]4(C)C3CC[C@]12C. The molecule has 0 bridgehead atoms. The highest BCUT2D eigenvalue weighted by Gasteiger charge is 2.59. The summed E-state index contributed by atoms with van der Waals surface area (Å²) < 4.78 is 6.33. The number of nitrogens with zero attached hydrogens (tertiary/aromatic N) is 1. The van der Waals surface area contributed by atoms with Crippen molar-refractivity contribution in [3.63, 3.8) is 0 Å². The third-order valence-corrected chi connectivity index (χ3v) is 13.8. The Bertz CT molecular complexity index is 1060. The van der Waals surface area contributed by atoms with Crippen LogP contribution in [0.15, 0.2) is 11.6 Å². The molecule has 6 heteroatoms. The molecule has 0 saturated heterocycles. The molecule has 4 aliphatic carbocycles. The van der Waals surface area contributed by atoms with Crippen molar-refractivity contribution >= 4 is 6.09 Å². The van der Waals surface area contributed by atoms with Crippen molar-refractivity contribution in [2.75, 3.05) is 26.2 Å². The molecule has 8 atom stereocenters. The van der Waals surface area contributed by atoms with Crippen molar-refractivity contribution in [2.24, 2.45) is 57.8 Å². The lowest BCUT2D eigenvalue weighted by Crippen LogP contribution is -2.51. The minimum Gasteiger partial charge on any atom is -0.446 e. The smallest absolute Gasteiger partial charge is 0.410 e. The molecule has 4 aliphatic rings. The lowest BCUT2D eigenvalue weighted by Gasteiger charge is -2.58. The van der Waals surface area contributed by atoms with E-state index >= 15 is 0 Å². The highest BCUT2D eigenvalue weighted by Crippen LogP contribution is 2.67. The van der Waals surface area contributed by atoms with Gasteiger partial charge >= 0.3 is 6.09 Å². The van der Waals surface area contributed by atoms with Crippen LogP contribution >= 0.6 is 0 Å². The van der Waals surface area contributed by atoms with Crippen LogP contribution in [0.25, 0.3) is 0 Å². The van der Waals surface area contributed by atoms with Gasteiger partial charge in [-0.2, -0.15) is 0 Å². The fraction of sp³-hybridized carbons (Fsp3) is 0.929. The summed E-state index contributed by atoms with van der Waals surface area (Å²) >= 11 is 0. The van der Waals surface area contributed by atoms with E-state index in [2.05, 4.69) is 59.9 Å². The molecule has 0 aliphatic heterocycles. The van der Waals surface area contributed by atoms with Crippen LogP contribution in [-0.2, 0) is 4.74 Å². The Morgan fingerprint density at radius 1 is 0.917 bits per heavy atom. The van der Waals surface area contributed by atoms with Crippen LogP contribution in [0.2, 0.25) is 0 Å². The van der Waals surface area contributed by atoms with Gasteiger partial charge in [-0.05, 0) is 158 Å². The number of amides is 1. The molecule has 1 amide bonds. The van der Waals surface area contributed by atoms with Gasteiger partial charge < -0.3 is 26.4 Å². The largest absolute Gasteiger partial charge is 0.446 e. The van der Waals surface area contributed by atoms with Crippen molar-refractivity contribution < 1.29 is 9.53 Å². The molecule has 1 unspecified atom stereocenters. The molecule has 0 aromatic carbocycles. The fourth-order valence-electron chi connectivity index (χ4n) is 10.8. The summed E-state index contributed by atoms with van der Waals surface area (Å²) in [5.41, 5.74) is 14.4. The number of carbonyl (C=O) groups excluding carboxylic acids is 1. The number of rotatable bonds is 17. The predicted octanol–water partition coefficient (Wildman–Crippen LogP) is 9.46. The van der Waals surface area contributed by atoms with Gasteiger partial charge in [-0.3, -0.25) is 0 Å². The molecule has 3 fully saturated rings. The van der Waals surface area contributed by atoms with Gasteiger partial charge in [-0.25, -0.2) is 4.79 Å². The minimum absolute atomic E-state index is 0.0144. The Morgan fingerprint density at radius 2 is 1.65 bits per heavy atom. The Kier molecular flexibility index (Phi) is 13.6. The predicted molar refractivity (Wildman–Crippen MR) is 203 cm³/mol. The first-order chi connectivity index (χ1) is 22.4. The van der Waals surface area contributed by atoms with Crippen LogP contribution in [0.4, 0.5) is 4.79 Å². The van der Waals surface area contributed by atoms with Gasteiger partial charge in [-0.1, -0.05) is 65.5 Å². The first-order valence-corrected chi connectivity index (χ1v) is 20.4. The summed E-state index contributed by atoms with van der Waals surface area (Å²) in [6, 6.07) is 0. The lowest BCUT2D eigenvalue weighted by molar-refractivity contribution is -0.0593. The molecule has 0 radical (unpaired) electrons. The Labute approximate surface area is 296 Å². The molecule has 278 valence electrons. The highest BCUT2D eigenvalue weighted by molar-refractivity contribution is 5.68. The van der Waals surface area contributed by atoms with Crippen molar-refractivity contribution in [2.45, 2.75) is 176 Å². The second kappa shape index (κ2) is 16.5. The molecular weight excluding hydrogens is 592 g/mol. The number of hydrogen-bond donors (Lipinski definition) is 3. The Balaban J connectivity index is 1.32. The van der Waals surface area contributed by atoms with Crippen LogP contribution in [0, 0.1) is 46.3 Å². The number of ether oxygens (including phenoxy) is 1. The maximum absolute atomic E-state index is 13.6. The lowest BCUT2D eigenvalue weighted by atomic mass is 9.47. The number of hydrogen-bond acceptors (Lipinski definition) is 5. The average Bonchev–Trinajstić information content (AvgIpc) is 3.34. The fourth-order valence-corrected chi connectivity index (χ4v) is 10.8. The van der Waals surface area contributed by atoms with E-state index in [9.17, 15) is 4.79 Å². The summed E-state index contributed by atoms with van der Waals surface area (Å²) in [7, 11) is 0. The maximum atomic E-state index is 13.6. The number of nitrogens with one attached hydrogen (secondary N) is 1. The van der Waals surface area contributed by atoms with E-state index < -0.39 is 0 Å². The van der Waals surface area contributed by atoms with E-state index in [4.69, 9.17) is 16.2 Å². The summed E-state index contributed by atoms with van der Waals surface area (Å²) in [4.78, 5) is 15.6. The first-order valence-electron chi connectivity index (χ1n) is 20.4. The average molecular weight is 671 g/mol. The molecule has 0 aromatic rings. The number of fused-ring (bicyclic) bond motifs is 5. The second-order valence-corrected chi connectivity index (χ2v) is 19.5. The molecule has 5 N–H and O–H groups in total. The van der Waals surface area contributed by atoms with E-state index in [1.807, 2.05) is 18.7 Å². The van der Waals surface area contributed by atoms with Gasteiger partial charge in [0.15, 0.2) is 0 Å². The zero-order chi connectivity index (χ0) is 35.3. The topological polar surface area (TPSA) is 93.6 Å². The van der Waals surface area contributed by atoms with E-state index in [1.165, 1.54) is 51.4 Å². The normalized spacial score (nSPS) is 32.7. The van der Waals surface area contributed by atoms with Gasteiger partial charge in [-0.15, -0.1) is 0 Å². The summed E-state index contributed by atoms with van der Waals surface area (Å²) in [6.07, 6.45) is 20.3. The molecule has 48 heavy (non-hydrogen) atoms. The van der Waals surface area contributed by atoms with E-state index in [-0.39, 0.29) is 28.7 Å². The Hall–Kier alpha value is -1.11. The second-order valence-electron chi connectivity index (χ2n) is 19.5. The zero-order valence-electron chi connectivity index (χ0n) is 33.0. The molecule has 4 rings (SSSR count). The number of unbranched alkanes of at least 4 members (excludes halogenated alkanes) is 1. The van der Waals surface area contributed by atoms with Gasteiger partial charge in [0, 0.05) is 30.6 Å². The van der Waals surface area contributed by atoms with Gasteiger partial charge in [0.1, 0.15) is 6.10 Å². The number of carbonyl (C=O) groups is 1. The van der Waals surface area contributed by atoms with Crippen molar-refractivity contribution in [3.05, 3.63) is 11.6 Å². The molecular formula is C42H78N4O2. The van der Waals surface area contributed by atoms with Crippen molar-refractivity contribution in [3.8, 4) is 0 Å². The van der Waals surface area contributed by atoms with Crippen LogP contribution in [-0.4, -0.2) is 54.4 Å². The third-order valence-electron chi connectivity index (χ3n) is 13.8. The molecule has 0 spiro atoms. The molecule has 3 saturated carbocycles. The van der Waals surface area contributed by atoms with Gasteiger partial charge in [0.05, 0.1) is 0 Å². The molecule has 0 heterocycles.